The molecule has 3 rings (SSSR count). The minimum atomic E-state index is -3.54. The highest BCUT2D eigenvalue weighted by Gasteiger charge is 2.17. The predicted octanol–water partition coefficient (Wildman–Crippen LogP) is 4.55. The summed E-state index contributed by atoms with van der Waals surface area (Å²) in [5.41, 5.74) is 2.84. The van der Waals surface area contributed by atoms with Crippen molar-refractivity contribution in [2.24, 2.45) is 0 Å². The second kappa shape index (κ2) is 11.2. The SMILES string of the molecule is CS(=O)(=O)Nc1cc(C[C@H](O)CNC(Cc2ccccc2)c2ccc(Cl)c(Cl)c2)ccc1O. The molecule has 176 valence electrons. The largest absolute Gasteiger partial charge is 0.506 e. The van der Waals surface area contributed by atoms with Crippen LogP contribution in [0.15, 0.2) is 66.7 Å². The van der Waals surface area contributed by atoms with Crippen LogP contribution in [0.3, 0.4) is 0 Å². The molecule has 0 spiro atoms. The number of rotatable bonds is 10. The van der Waals surface area contributed by atoms with Gasteiger partial charge in [0.25, 0.3) is 0 Å². The highest BCUT2D eigenvalue weighted by Crippen LogP contribution is 2.28. The molecule has 33 heavy (non-hydrogen) atoms. The molecule has 4 N–H and O–H groups in total. The van der Waals surface area contributed by atoms with Crippen molar-refractivity contribution in [1.82, 2.24) is 5.32 Å². The van der Waals surface area contributed by atoms with Crippen LogP contribution in [0.1, 0.15) is 22.7 Å². The van der Waals surface area contributed by atoms with E-state index >= 15 is 0 Å². The quantitative estimate of drug-likeness (QED) is 0.301. The molecule has 0 aliphatic heterocycles. The zero-order chi connectivity index (χ0) is 24.0. The van der Waals surface area contributed by atoms with Crippen molar-refractivity contribution in [3.8, 4) is 5.75 Å². The third kappa shape index (κ3) is 7.91. The van der Waals surface area contributed by atoms with E-state index in [9.17, 15) is 18.6 Å². The van der Waals surface area contributed by atoms with Crippen LogP contribution < -0.4 is 10.0 Å². The van der Waals surface area contributed by atoms with E-state index in [1.807, 2.05) is 42.5 Å². The van der Waals surface area contributed by atoms with Crippen LogP contribution in [0.2, 0.25) is 10.0 Å². The van der Waals surface area contributed by atoms with Crippen LogP contribution in [0, 0.1) is 0 Å². The van der Waals surface area contributed by atoms with Gasteiger partial charge in [-0.05, 0) is 53.8 Å². The summed E-state index contributed by atoms with van der Waals surface area (Å²) in [5.74, 6) is -0.181. The molecule has 3 aromatic rings. The van der Waals surface area contributed by atoms with Gasteiger partial charge in [-0.15, -0.1) is 0 Å². The first-order valence-corrected chi connectivity index (χ1v) is 13.0. The van der Waals surface area contributed by atoms with E-state index in [0.717, 1.165) is 17.4 Å². The van der Waals surface area contributed by atoms with Gasteiger partial charge in [0.15, 0.2) is 0 Å². The van der Waals surface area contributed by atoms with Gasteiger partial charge in [-0.25, -0.2) is 8.42 Å². The van der Waals surface area contributed by atoms with Crippen molar-refractivity contribution in [2.45, 2.75) is 25.0 Å². The molecule has 9 heteroatoms. The molecule has 0 aliphatic carbocycles. The molecule has 6 nitrogen and oxygen atoms in total. The first-order valence-electron chi connectivity index (χ1n) is 10.3. The lowest BCUT2D eigenvalue weighted by Crippen LogP contribution is -2.32. The maximum Gasteiger partial charge on any atom is 0.229 e. The maximum atomic E-state index is 11.5. The summed E-state index contributed by atoms with van der Waals surface area (Å²) in [5, 5.41) is 24.9. The summed E-state index contributed by atoms with van der Waals surface area (Å²) >= 11 is 12.3. The zero-order valence-corrected chi connectivity index (χ0v) is 20.3. The standard InChI is InChI=1S/C24H26Cl2N2O4S/c1-33(31,32)28-23-13-17(7-10-24(23)30)11-19(29)15-27-22(12-16-5-3-2-4-6-16)18-8-9-20(25)21(26)14-18/h2-10,13-14,19,22,27-30H,11-12,15H2,1H3/t19-,22?/m0/s1. The van der Waals surface area contributed by atoms with Crippen LogP contribution >= 0.6 is 23.2 Å². The Kier molecular flexibility index (Phi) is 8.62. The molecule has 0 aliphatic rings. The number of phenols is 1. The number of nitrogens with one attached hydrogen (secondary N) is 2. The average molecular weight is 509 g/mol. The number of sulfonamides is 1. The molecule has 0 fully saturated rings. The number of phenolic OH excluding ortho intramolecular Hbond substituents is 1. The number of hydrogen-bond acceptors (Lipinski definition) is 5. The molecule has 0 saturated heterocycles. The van der Waals surface area contributed by atoms with Gasteiger partial charge in [-0.3, -0.25) is 4.72 Å². The van der Waals surface area contributed by atoms with Crippen molar-refractivity contribution in [3.05, 3.63) is 93.5 Å². The Hall–Kier alpha value is -2.29. The van der Waals surface area contributed by atoms with Gasteiger partial charge < -0.3 is 15.5 Å². The fraction of sp³-hybridized carbons (Fsp3) is 0.250. The number of anilines is 1. The van der Waals surface area contributed by atoms with Crippen LogP contribution in [-0.4, -0.2) is 37.5 Å². The lowest BCUT2D eigenvalue weighted by molar-refractivity contribution is 0.167. The van der Waals surface area contributed by atoms with Gasteiger partial charge in [0.05, 0.1) is 28.1 Å². The minimum Gasteiger partial charge on any atom is -0.506 e. The topological polar surface area (TPSA) is 98.7 Å². The van der Waals surface area contributed by atoms with Crippen LogP contribution in [0.5, 0.6) is 5.75 Å². The number of aliphatic hydroxyl groups is 1. The summed E-state index contributed by atoms with van der Waals surface area (Å²) in [4.78, 5) is 0. The number of halogens is 2. The Labute approximate surface area is 204 Å². The van der Waals surface area contributed by atoms with E-state index in [-0.39, 0.29) is 30.4 Å². The van der Waals surface area contributed by atoms with Gasteiger partial charge >= 0.3 is 0 Å². The molecule has 0 amide bonds. The Morgan fingerprint density at radius 3 is 2.30 bits per heavy atom. The van der Waals surface area contributed by atoms with Gasteiger partial charge in [0.2, 0.25) is 10.0 Å². The Balaban J connectivity index is 1.71. The molecular weight excluding hydrogens is 483 g/mol. The minimum absolute atomic E-state index is 0.0768. The van der Waals surface area contributed by atoms with E-state index < -0.39 is 16.1 Å². The van der Waals surface area contributed by atoms with Crippen LogP contribution in [0.25, 0.3) is 0 Å². The summed E-state index contributed by atoms with van der Waals surface area (Å²) in [6.45, 7) is 0.285. The molecule has 0 radical (unpaired) electrons. The second-order valence-electron chi connectivity index (χ2n) is 7.91. The summed E-state index contributed by atoms with van der Waals surface area (Å²) < 4.78 is 25.3. The Bertz CT molecular complexity index is 1190. The molecule has 0 saturated carbocycles. The molecule has 0 bridgehead atoms. The smallest absolute Gasteiger partial charge is 0.229 e. The fourth-order valence-electron chi connectivity index (χ4n) is 3.50. The van der Waals surface area contributed by atoms with E-state index in [4.69, 9.17) is 23.2 Å². The Morgan fingerprint density at radius 2 is 1.64 bits per heavy atom. The van der Waals surface area contributed by atoms with Gasteiger partial charge in [0, 0.05) is 12.6 Å². The van der Waals surface area contributed by atoms with E-state index in [1.165, 1.54) is 12.1 Å². The van der Waals surface area contributed by atoms with Crippen molar-refractivity contribution >= 4 is 38.9 Å². The van der Waals surface area contributed by atoms with Gasteiger partial charge in [-0.2, -0.15) is 0 Å². The second-order valence-corrected chi connectivity index (χ2v) is 10.5. The first kappa shape index (κ1) is 25.3. The third-order valence-electron chi connectivity index (χ3n) is 5.06. The van der Waals surface area contributed by atoms with Crippen molar-refractivity contribution in [1.29, 1.82) is 0 Å². The summed E-state index contributed by atoms with van der Waals surface area (Å²) in [6.07, 6.45) is 1.22. The lowest BCUT2D eigenvalue weighted by Gasteiger charge is -2.22. The normalized spacial score (nSPS) is 13.5. The van der Waals surface area contributed by atoms with E-state index in [0.29, 0.717) is 22.0 Å². The molecule has 0 aromatic heterocycles. The molecule has 0 heterocycles. The number of aliphatic hydroxyl groups excluding tert-OH is 1. The summed E-state index contributed by atoms with van der Waals surface area (Å²) in [6, 6.07) is 19.9. The monoisotopic (exact) mass is 508 g/mol. The predicted molar refractivity (Wildman–Crippen MR) is 134 cm³/mol. The zero-order valence-electron chi connectivity index (χ0n) is 18.0. The number of benzene rings is 3. The van der Waals surface area contributed by atoms with E-state index in [1.54, 1.807) is 12.1 Å². The lowest BCUT2D eigenvalue weighted by atomic mass is 9.98. The Morgan fingerprint density at radius 1 is 0.909 bits per heavy atom. The summed E-state index contributed by atoms with van der Waals surface area (Å²) in [7, 11) is -3.54. The van der Waals surface area contributed by atoms with Crippen molar-refractivity contribution in [3.63, 3.8) is 0 Å². The third-order valence-corrected chi connectivity index (χ3v) is 6.39. The van der Waals surface area contributed by atoms with Gasteiger partial charge in [0.1, 0.15) is 5.75 Å². The molecule has 2 atom stereocenters. The van der Waals surface area contributed by atoms with Crippen LogP contribution in [0.4, 0.5) is 5.69 Å². The van der Waals surface area contributed by atoms with Crippen LogP contribution in [-0.2, 0) is 22.9 Å². The highest BCUT2D eigenvalue weighted by atomic mass is 35.5. The van der Waals surface area contributed by atoms with Gasteiger partial charge in [-0.1, -0.05) is 65.7 Å². The number of aromatic hydroxyl groups is 1. The molecule has 1 unspecified atom stereocenters. The molecule has 3 aromatic carbocycles. The highest BCUT2D eigenvalue weighted by molar-refractivity contribution is 7.92. The van der Waals surface area contributed by atoms with E-state index in [2.05, 4.69) is 10.0 Å². The number of hydrogen-bond donors (Lipinski definition) is 4. The average Bonchev–Trinajstić information content (AvgIpc) is 2.75. The first-order chi connectivity index (χ1) is 15.6. The molecular formula is C24H26Cl2N2O4S. The van der Waals surface area contributed by atoms with Crippen molar-refractivity contribution < 1.29 is 18.6 Å². The fourth-order valence-corrected chi connectivity index (χ4v) is 4.37. The maximum absolute atomic E-state index is 11.5. The van der Waals surface area contributed by atoms with Crippen molar-refractivity contribution in [2.75, 3.05) is 17.5 Å².